The molecule has 0 amide bonds. The van der Waals surface area contributed by atoms with Gasteiger partial charge in [0.05, 0.1) is 5.02 Å². The van der Waals surface area contributed by atoms with Gasteiger partial charge in [0.2, 0.25) is 0 Å². The van der Waals surface area contributed by atoms with Crippen molar-refractivity contribution in [3.05, 3.63) is 23.0 Å². The van der Waals surface area contributed by atoms with Gasteiger partial charge in [-0.15, -0.1) is 0 Å². The van der Waals surface area contributed by atoms with Gasteiger partial charge >= 0.3 is 0 Å². The summed E-state index contributed by atoms with van der Waals surface area (Å²) in [5, 5.41) is 3.34. The van der Waals surface area contributed by atoms with E-state index in [0.29, 0.717) is 28.1 Å². The number of hydrogen-bond donors (Lipinski definition) is 1. The van der Waals surface area contributed by atoms with E-state index >= 15 is 0 Å². The predicted octanol–water partition coefficient (Wildman–Crippen LogP) is 2.34. The maximum absolute atomic E-state index is 10.6. The second-order valence-electron chi connectivity index (χ2n) is 2.71. The summed E-state index contributed by atoms with van der Waals surface area (Å²) >= 11 is 5.74. The molecule has 72 valence electrons. The van der Waals surface area contributed by atoms with Gasteiger partial charge in [0, 0.05) is 19.3 Å². The molecule has 2 aromatic rings. The topological polar surface area (TPSA) is 55.1 Å². The first-order valence-electron chi connectivity index (χ1n) is 3.97. The van der Waals surface area contributed by atoms with Gasteiger partial charge in [-0.3, -0.25) is 4.79 Å². The van der Waals surface area contributed by atoms with Crippen LogP contribution in [0.2, 0.25) is 5.02 Å². The summed E-state index contributed by atoms with van der Waals surface area (Å²) in [6, 6.07) is 1.62. The largest absolute Gasteiger partial charge is 0.449 e. The van der Waals surface area contributed by atoms with Crippen molar-refractivity contribution in [1.29, 1.82) is 0 Å². The summed E-state index contributed by atoms with van der Waals surface area (Å²) < 4.78 is 5.24. The van der Waals surface area contributed by atoms with Gasteiger partial charge in [0.1, 0.15) is 11.2 Å². The van der Waals surface area contributed by atoms with Crippen LogP contribution < -0.4 is 5.32 Å². The quantitative estimate of drug-likeness (QED) is 0.773. The maximum atomic E-state index is 10.6. The molecule has 0 radical (unpaired) electrons. The van der Waals surface area contributed by atoms with Gasteiger partial charge in [0.25, 0.3) is 0 Å². The average Bonchev–Trinajstić information content (AvgIpc) is 2.54. The second-order valence-corrected chi connectivity index (χ2v) is 3.15. The first kappa shape index (κ1) is 9.02. The molecule has 0 unspecified atom stereocenters. The van der Waals surface area contributed by atoms with Gasteiger partial charge in [-0.2, -0.15) is 0 Å². The average molecular weight is 211 g/mol. The molecular weight excluding hydrogens is 204 g/mol. The number of aldehydes is 1. The Kier molecular flexibility index (Phi) is 2.13. The molecule has 0 bridgehead atoms. The molecule has 0 aliphatic heterocycles. The lowest BCUT2D eigenvalue weighted by molar-refractivity contribution is 0.110. The highest BCUT2D eigenvalue weighted by Gasteiger charge is 2.13. The minimum Gasteiger partial charge on any atom is -0.449 e. The number of nitrogens with one attached hydrogen (secondary N) is 1. The molecule has 2 aromatic heterocycles. The third kappa shape index (κ3) is 1.24. The van der Waals surface area contributed by atoms with Gasteiger partial charge in [-0.05, 0) is 0 Å². The fourth-order valence-electron chi connectivity index (χ4n) is 1.30. The van der Waals surface area contributed by atoms with Gasteiger partial charge in [-0.1, -0.05) is 11.6 Å². The first-order valence-corrected chi connectivity index (χ1v) is 4.35. The van der Waals surface area contributed by atoms with Crippen molar-refractivity contribution >= 4 is 34.7 Å². The zero-order chi connectivity index (χ0) is 10.1. The van der Waals surface area contributed by atoms with E-state index in [1.807, 2.05) is 0 Å². The third-order valence-electron chi connectivity index (χ3n) is 1.88. The van der Waals surface area contributed by atoms with Crippen LogP contribution in [0.3, 0.4) is 0 Å². The maximum Gasteiger partial charge on any atom is 0.192 e. The number of aromatic nitrogens is 1. The van der Waals surface area contributed by atoms with Crippen LogP contribution in [0.5, 0.6) is 0 Å². The molecule has 0 aliphatic carbocycles. The van der Waals surface area contributed by atoms with Crippen molar-refractivity contribution in [2.75, 3.05) is 12.4 Å². The molecular formula is C9H7ClN2O2. The van der Waals surface area contributed by atoms with Gasteiger partial charge in [0.15, 0.2) is 17.6 Å². The molecule has 0 saturated carbocycles. The Morgan fingerprint density at radius 2 is 2.43 bits per heavy atom. The van der Waals surface area contributed by atoms with Crippen LogP contribution in [-0.2, 0) is 0 Å². The Bertz CT molecular complexity index is 493. The van der Waals surface area contributed by atoms with E-state index in [2.05, 4.69) is 10.3 Å². The van der Waals surface area contributed by atoms with Crippen molar-refractivity contribution in [3.8, 4) is 0 Å². The molecule has 14 heavy (non-hydrogen) atoms. The Hall–Kier alpha value is -1.55. The number of hydrogen-bond acceptors (Lipinski definition) is 4. The SMILES string of the molecule is CNc1c(C=O)oc2cc(Cl)cnc12. The number of furan rings is 1. The molecule has 0 saturated heterocycles. The van der Waals surface area contributed by atoms with Crippen LogP contribution in [0.25, 0.3) is 11.1 Å². The van der Waals surface area contributed by atoms with E-state index in [9.17, 15) is 4.79 Å². The standard InChI is InChI=1S/C9H7ClN2O2/c1-11-8-7(4-13)14-6-2-5(10)3-12-9(6)8/h2-4,11H,1H3. The number of rotatable bonds is 2. The lowest BCUT2D eigenvalue weighted by Gasteiger charge is -1.94. The Morgan fingerprint density at radius 3 is 3.07 bits per heavy atom. The lowest BCUT2D eigenvalue weighted by Crippen LogP contribution is -1.90. The predicted molar refractivity (Wildman–Crippen MR) is 54.0 cm³/mol. The number of pyridine rings is 1. The van der Waals surface area contributed by atoms with E-state index in [0.717, 1.165) is 0 Å². The number of carbonyl (C=O) groups is 1. The lowest BCUT2D eigenvalue weighted by atomic mass is 10.3. The van der Waals surface area contributed by atoms with E-state index in [-0.39, 0.29) is 5.76 Å². The van der Waals surface area contributed by atoms with E-state index in [1.54, 1.807) is 13.1 Å². The second kappa shape index (κ2) is 3.31. The molecule has 2 rings (SSSR count). The van der Waals surface area contributed by atoms with Crippen LogP contribution in [0.1, 0.15) is 10.6 Å². The highest BCUT2D eigenvalue weighted by molar-refractivity contribution is 6.31. The Labute approximate surface area is 84.9 Å². The zero-order valence-electron chi connectivity index (χ0n) is 7.37. The van der Waals surface area contributed by atoms with E-state index in [4.69, 9.17) is 16.0 Å². The summed E-state index contributed by atoms with van der Waals surface area (Å²) in [5.41, 5.74) is 1.70. The minimum absolute atomic E-state index is 0.234. The molecule has 5 heteroatoms. The summed E-state index contributed by atoms with van der Waals surface area (Å²) in [5.74, 6) is 0.234. The van der Waals surface area contributed by atoms with Crippen molar-refractivity contribution in [2.24, 2.45) is 0 Å². The molecule has 0 aliphatic rings. The highest BCUT2D eigenvalue weighted by atomic mass is 35.5. The highest BCUT2D eigenvalue weighted by Crippen LogP contribution is 2.29. The zero-order valence-corrected chi connectivity index (χ0v) is 8.13. The van der Waals surface area contributed by atoms with Crippen LogP contribution >= 0.6 is 11.6 Å². The molecule has 4 nitrogen and oxygen atoms in total. The number of fused-ring (bicyclic) bond motifs is 1. The fraction of sp³-hybridized carbons (Fsp3) is 0.111. The number of nitrogens with zero attached hydrogens (tertiary/aromatic N) is 1. The summed E-state index contributed by atoms with van der Waals surface area (Å²) in [4.78, 5) is 14.7. The smallest absolute Gasteiger partial charge is 0.192 e. The molecule has 0 spiro atoms. The normalized spacial score (nSPS) is 10.4. The summed E-state index contributed by atoms with van der Waals surface area (Å²) in [7, 11) is 1.70. The Morgan fingerprint density at radius 1 is 1.64 bits per heavy atom. The summed E-state index contributed by atoms with van der Waals surface area (Å²) in [6.45, 7) is 0. The minimum atomic E-state index is 0.234. The molecule has 0 aromatic carbocycles. The molecule has 2 heterocycles. The van der Waals surface area contributed by atoms with Gasteiger partial charge in [-0.25, -0.2) is 4.98 Å². The van der Waals surface area contributed by atoms with Crippen LogP contribution in [0, 0.1) is 0 Å². The van der Waals surface area contributed by atoms with Crippen LogP contribution in [0.4, 0.5) is 5.69 Å². The number of halogens is 1. The van der Waals surface area contributed by atoms with Crippen LogP contribution in [-0.4, -0.2) is 18.3 Å². The number of anilines is 1. The van der Waals surface area contributed by atoms with Crippen molar-refractivity contribution in [1.82, 2.24) is 4.98 Å². The van der Waals surface area contributed by atoms with E-state index < -0.39 is 0 Å². The fourth-order valence-corrected chi connectivity index (χ4v) is 1.44. The molecule has 1 N–H and O–H groups in total. The van der Waals surface area contributed by atoms with Crippen molar-refractivity contribution < 1.29 is 9.21 Å². The van der Waals surface area contributed by atoms with E-state index in [1.165, 1.54) is 6.20 Å². The van der Waals surface area contributed by atoms with Crippen molar-refractivity contribution in [3.63, 3.8) is 0 Å². The van der Waals surface area contributed by atoms with Gasteiger partial charge < -0.3 is 9.73 Å². The first-order chi connectivity index (χ1) is 6.76. The third-order valence-corrected chi connectivity index (χ3v) is 2.09. The van der Waals surface area contributed by atoms with Crippen LogP contribution in [0.15, 0.2) is 16.7 Å². The molecule has 0 atom stereocenters. The monoisotopic (exact) mass is 210 g/mol. The Balaban J connectivity index is 2.79. The summed E-state index contributed by atoms with van der Waals surface area (Å²) in [6.07, 6.45) is 2.15. The molecule has 0 fully saturated rings. The van der Waals surface area contributed by atoms with Crippen molar-refractivity contribution in [2.45, 2.75) is 0 Å². The number of carbonyl (C=O) groups excluding carboxylic acids is 1.